The van der Waals surface area contributed by atoms with E-state index in [0.717, 1.165) is 32.1 Å². The van der Waals surface area contributed by atoms with Crippen molar-refractivity contribution in [2.75, 3.05) is 0 Å². The molecule has 0 aromatic heterocycles. The lowest BCUT2D eigenvalue weighted by molar-refractivity contribution is -0.232. The molecule has 2 saturated carbocycles. The van der Waals surface area contributed by atoms with Crippen LogP contribution in [0.4, 0.5) is 4.39 Å². The topological polar surface area (TPSA) is 29.5 Å². The standard InChI is InChI=1S/C17H29FO2/c1-4-5-6-13-14(19)8-10-16(18)9-7-12-11-17(13,16)20-15(12,2)3/h12-14,19H,4-11H2,1-3H3/t12-,13+,14+,16?,17+/m1/s1. The summed E-state index contributed by atoms with van der Waals surface area (Å²) in [7, 11) is 0. The molecule has 5 atom stereocenters. The maximum atomic E-state index is 15.7. The van der Waals surface area contributed by atoms with Crippen molar-refractivity contribution in [3.05, 3.63) is 0 Å². The van der Waals surface area contributed by atoms with Crippen LogP contribution in [-0.4, -0.2) is 28.1 Å². The van der Waals surface area contributed by atoms with Crippen molar-refractivity contribution in [1.29, 1.82) is 0 Å². The second-order valence-corrected chi connectivity index (χ2v) is 7.85. The third kappa shape index (κ3) is 1.89. The molecule has 116 valence electrons. The van der Waals surface area contributed by atoms with Gasteiger partial charge < -0.3 is 9.84 Å². The molecule has 1 aliphatic heterocycles. The van der Waals surface area contributed by atoms with Crippen molar-refractivity contribution in [1.82, 2.24) is 0 Å². The minimum Gasteiger partial charge on any atom is -0.393 e. The van der Waals surface area contributed by atoms with Crippen molar-refractivity contribution >= 4 is 0 Å². The van der Waals surface area contributed by atoms with E-state index in [-0.39, 0.29) is 11.5 Å². The van der Waals surface area contributed by atoms with Crippen LogP contribution in [0, 0.1) is 11.8 Å². The SMILES string of the molecule is CCCC[C@H]1[C@@H](O)CCC2(F)CC[C@@H]3C[C@]12OC3(C)C. The van der Waals surface area contributed by atoms with Crippen LogP contribution in [0.5, 0.6) is 0 Å². The molecular weight excluding hydrogens is 255 g/mol. The normalized spacial score (nSPS) is 50.0. The summed E-state index contributed by atoms with van der Waals surface area (Å²) < 4.78 is 22.1. The van der Waals surface area contributed by atoms with E-state index in [1.165, 1.54) is 0 Å². The molecule has 1 saturated heterocycles. The largest absolute Gasteiger partial charge is 0.393 e. The first-order valence-electron chi connectivity index (χ1n) is 8.42. The molecule has 0 aromatic carbocycles. The van der Waals surface area contributed by atoms with Gasteiger partial charge in [0, 0.05) is 5.92 Å². The summed E-state index contributed by atoms with van der Waals surface area (Å²) in [6.45, 7) is 6.37. The van der Waals surface area contributed by atoms with Crippen LogP contribution < -0.4 is 0 Å². The molecule has 1 N–H and O–H groups in total. The van der Waals surface area contributed by atoms with Gasteiger partial charge in [-0.25, -0.2) is 4.39 Å². The van der Waals surface area contributed by atoms with Crippen molar-refractivity contribution in [2.24, 2.45) is 11.8 Å². The highest BCUT2D eigenvalue weighted by molar-refractivity contribution is 5.19. The molecular formula is C17H29FO2. The van der Waals surface area contributed by atoms with E-state index in [4.69, 9.17) is 4.74 Å². The van der Waals surface area contributed by atoms with Gasteiger partial charge in [0.25, 0.3) is 0 Å². The Kier molecular flexibility index (Phi) is 3.45. The van der Waals surface area contributed by atoms with Gasteiger partial charge in [0.1, 0.15) is 11.3 Å². The lowest BCUT2D eigenvalue weighted by atomic mass is 9.57. The average molecular weight is 284 g/mol. The molecule has 1 unspecified atom stereocenters. The summed E-state index contributed by atoms with van der Waals surface area (Å²) >= 11 is 0. The fraction of sp³-hybridized carbons (Fsp3) is 1.00. The lowest BCUT2D eigenvalue weighted by Gasteiger charge is -2.54. The van der Waals surface area contributed by atoms with Crippen LogP contribution in [0.15, 0.2) is 0 Å². The zero-order valence-electron chi connectivity index (χ0n) is 13.1. The van der Waals surface area contributed by atoms with E-state index in [2.05, 4.69) is 20.8 Å². The molecule has 0 radical (unpaired) electrons. The molecule has 1 spiro atoms. The molecule has 20 heavy (non-hydrogen) atoms. The second kappa shape index (κ2) is 4.67. The third-order valence-electron chi connectivity index (χ3n) is 6.39. The maximum Gasteiger partial charge on any atom is 0.140 e. The number of alkyl halides is 1. The van der Waals surface area contributed by atoms with Crippen LogP contribution >= 0.6 is 0 Å². The minimum atomic E-state index is -1.21. The van der Waals surface area contributed by atoms with Gasteiger partial charge in [-0.1, -0.05) is 19.8 Å². The molecule has 0 aromatic rings. The molecule has 0 amide bonds. The van der Waals surface area contributed by atoms with E-state index in [1.54, 1.807) is 0 Å². The average Bonchev–Trinajstić information content (AvgIpc) is 2.61. The lowest BCUT2D eigenvalue weighted by Crippen LogP contribution is -2.63. The Hall–Kier alpha value is -0.150. The van der Waals surface area contributed by atoms with Crippen LogP contribution in [0.2, 0.25) is 0 Å². The number of aliphatic hydroxyl groups is 1. The first kappa shape index (κ1) is 14.8. The zero-order valence-corrected chi connectivity index (χ0v) is 13.1. The summed E-state index contributed by atoms with van der Waals surface area (Å²) in [6, 6.07) is 0. The Morgan fingerprint density at radius 3 is 2.65 bits per heavy atom. The minimum absolute atomic E-state index is 0.0224. The zero-order chi connectivity index (χ0) is 14.6. The van der Waals surface area contributed by atoms with Crippen LogP contribution in [0.1, 0.15) is 72.1 Å². The van der Waals surface area contributed by atoms with E-state index in [9.17, 15) is 5.11 Å². The number of ether oxygens (including phenoxy) is 1. The highest BCUT2D eigenvalue weighted by Gasteiger charge is 2.70. The summed E-state index contributed by atoms with van der Waals surface area (Å²) in [4.78, 5) is 0. The van der Waals surface area contributed by atoms with Crippen LogP contribution in [0.25, 0.3) is 0 Å². The molecule has 2 aliphatic carbocycles. The Bertz CT molecular complexity index is 383. The van der Waals surface area contributed by atoms with Gasteiger partial charge in [-0.2, -0.15) is 0 Å². The van der Waals surface area contributed by atoms with E-state index in [1.807, 2.05) is 0 Å². The van der Waals surface area contributed by atoms with Gasteiger partial charge in [-0.3, -0.25) is 0 Å². The van der Waals surface area contributed by atoms with E-state index in [0.29, 0.717) is 25.2 Å². The van der Waals surface area contributed by atoms with Crippen molar-refractivity contribution in [3.8, 4) is 0 Å². The van der Waals surface area contributed by atoms with Gasteiger partial charge >= 0.3 is 0 Å². The number of hydrogen-bond acceptors (Lipinski definition) is 2. The summed E-state index contributed by atoms with van der Waals surface area (Å²) in [5.74, 6) is 0.423. The highest BCUT2D eigenvalue weighted by atomic mass is 19.1. The number of unbranched alkanes of at least 4 members (excludes halogenated alkanes) is 1. The van der Waals surface area contributed by atoms with Gasteiger partial charge in [-0.05, 0) is 58.3 Å². The predicted octanol–water partition coefficient (Wildman–Crippen LogP) is 4.00. The predicted molar refractivity (Wildman–Crippen MR) is 77.3 cm³/mol. The molecule has 1 heterocycles. The summed E-state index contributed by atoms with van der Waals surface area (Å²) in [5.41, 5.74) is -2.17. The Labute approximate surface area is 122 Å². The number of halogens is 1. The Balaban J connectivity index is 1.97. The smallest absolute Gasteiger partial charge is 0.140 e. The van der Waals surface area contributed by atoms with Crippen molar-refractivity contribution in [3.63, 3.8) is 0 Å². The molecule has 3 heteroatoms. The number of hydrogen-bond donors (Lipinski definition) is 1. The first-order valence-corrected chi connectivity index (χ1v) is 8.42. The monoisotopic (exact) mass is 284 g/mol. The van der Waals surface area contributed by atoms with E-state index >= 15 is 4.39 Å². The number of aliphatic hydroxyl groups excluding tert-OH is 1. The summed E-state index contributed by atoms with van der Waals surface area (Å²) in [5, 5.41) is 10.5. The van der Waals surface area contributed by atoms with E-state index < -0.39 is 17.4 Å². The highest BCUT2D eigenvalue weighted by Crippen LogP contribution is 2.64. The van der Waals surface area contributed by atoms with Gasteiger partial charge in [0.2, 0.25) is 0 Å². The Morgan fingerprint density at radius 2 is 1.95 bits per heavy atom. The molecule has 3 rings (SSSR count). The van der Waals surface area contributed by atoms with Gasteiger partial charge in [0.15, 0.2) is 0 Å². The first-order chi connectivity index (χ1) is 9.35. The number of rotatable bonds is 3. The van der Waals surface area contributed by atoms with Gasteiger partial charge in [0.05, 0.1) is 11.7 Å². The Morgan fingerprint density at radius 1 is 1.25 bits per heavy atom. The molecule has 2 bridgehead atoms. The molecule has 2 nitrogen and oxygen atoms in total. The van der Waals surface area contributed by atoms with Crippen molar-refractivity contribution < 1.29 is 14.2 Å². The fourth-order valence-electron chi connectivity index (χ4n) is 5.18. The molecule has 3 fully saturated rings. The maximum absolute atomic E-state index is 15.7. The quantitative estimate of drug-likeness (QED) is 0.848. The molecule has 3 aliphatic rings. The third-order valence-corrected chi connectivity index (χ3v) is 6.39. The van der Waals surface area contributed by atoms with Crippen molar-refractivity contribution in [2.45, 2.75) is 95.1 Å². The van der Waals surface area contributed by atoms with Crippen LogP contribution in [-0.2, 0) is 4.74 Å². The number of fused-ring (bicyclic) bond motifs is 1. The second-order valence-electron chi connectivity index (χ2n) is 7.85. The van der Waals surface area contributed by atoms with Gasteiger partial charge in [-0.15, -0.1) is 0 Å². The van der Waals surface area contributed by atoms with Crippen LogP contribution in [0.3, 0.4) is 0 Å². The fourth-order valence-corrected chi connectivity index (χ4v) is 5.18. The summed E-state index contributed by atoms with van der Waals surface area (Å²) in [6.07, 6.45) is 6.07.